The molecule has 0 amide bonds. The molecule has 12 heavy (non-hydrogen) atoms. The van der Waals surface area contributed by atoms with E-state index in [1.54, 1.807) is 0 Å². The van der Waals surface area contributed by atoms with Gasteiger partial charge in [0.05, 0.1) is 5.56 Å². The van der Waals surface area contributed by atoms with E-state index >= 15 is 0 Å². The Labute approximate surface area is 80.3 Å². The summed E-state index contributed by atoms with van der Waals surface area (Å²) in [5, 5.41) is 11.7. The maximum Gasteiger partial charge on any atom is 0.100 e. The average Bonchev–Trinajstić information content (AvgIpc) is 2.09. The van der Waals surface area contributed by atoms with E-state index < -0.39 is 0 Å². The van der Waals surface area contributed by atoms with Crippen LogP contribution < -0.4 is 5.32 Å². The van der Waals surface area contributed by atoms with Gasteiger partial charge in [-0.3, -0.25) is 0 Å². The first-order valence-corrected chi connectivity index (χ1v) is 4.40. The van der Waals surface area contributed by atoms with E-state index in [9.17, 15) is 0 Å². The highest BCUT2D eigenvalue weighted by molar-refractivity contribution is 9.10. The van der Waals surface area contributed by atoms with Gasteiger partial charge in [0.2, 0.25) is 0 Å². The minimum absolute atomic E-state index is 0.683. The van der Waals surface area contributed by atoms with Crippen molar-refractivity contribution in [1.82, 2.24) is 5.32 Å². The lowest BCUT2D eigenvalue weighted by molar-refractivity contribution is 0.817. The second-order valence-electron chi connectivity index (χ2n) is 2.46. The summed E-state index contributed by atoms with van der Waals surface area (Å²) >= 11 is 3.30. The van der Waals surface area contributed by atoms with Crippen LogP contribution in [-0.2, 0) is 6.54 Å². The molecule has 0 bridgehead atoms. The Morgan fingerprint density at radius 3 is 2.92 bits per heavy atom. The smallest absolute Gasteiger partial charge is 0.100 e. The van der Waals surface area contributed by atoms with Gasteiger partial charge in [0.25, 0.3) is 0 Å². The first-order valence-electron chi connectivity index (χ1n) is 3.61. The van der Waals surface area contributed by atoms with Crippen LogP contribution in [0.2, 0.25) is 0 Å². The van der Waals surface area contributed by atoms with Crippen molar-refractivity contribution in [2.75, 3.05) is 7.05 Å². The topological polar surface area (TPSA) is 35.8 Å². The second-order valence-corrected chi connectivity index (χ2v) is 3.31. The molecule has 0 unspecified atom stereocenters. The fourth-order valence-corrected chi connectivity index (χ4v) is 1.31. The van der Waals surface area contributed by atoms with Crippen molar-refractivity contribution in [1.29, 1.82) is 5.26 Å². The molecule has 3 heteroatoms. The van der Waals surface area contributed by atoms with E-state index in [0.29, 0.717) is 5.56 Å². The van der Waals surface area contributed by atoms with Crippen molar-refractivity contribution < 1.29 is 0 Å². The molecule has 0 atom stereocenters. The van der Waals surface area contributed by atoms with E-state index in [0.717, 1.165) is 16.6 Å². The third-order valence-corrected chi connectivity index (χ3v) is 2.22. The van der Waals surface area contributed by atoms with Crippen LogP contribution in [0.15, 0.2) is 22.7 Å². The summed E-state index contributed by atoms with van der Waals surface area (Å²) in [6.07, 6.45) is 0. The number of benzene rings is 1. The van der Waals surface area contributed by atoms with Crippen molar-refractivity contribution in [2.24, 2.45) is 0 Å². The lowest BCUT2D eigenvalue weighted by atomic mass is 10.1. The molecule has 0 fully saturated rings. The van der Waals surface area contributed by atoms with Crippen LogP contribution in [0.3, 0.4) is 0 Å². The van der Waals surface area contributed by atoms with E-state index in [4.69, 9.17) is 5.26 Å². The number of hydrogen-bond donors (Lipinski definition) is 1. The van der Waals surface area contributed by atoms with Gasteiger partial charge in [-0.05, 0) is 40.7 Å². The average molecular weight is 225 g/mol. The Hall–Kier alpha value is -0.850. The van der Waals surface area contributed by atoms with Gasteiger partial charge >= 0.3 is 0 Å². The Morgan fingerprint density at radius 1 is 1.58 bits per heavy atom. The van der Waals surface area contributed by atoms with Crippen molar-refractivity contribution >= 4 is 15.9 Å². The fraction of sp³-hybridized carbons (Fsp3) is 0.222. The maximum atomic E-state index is 8.71. The Bertz CT molecular complexity index is 315. The van der Waals surface area contributed by atoms with Crippen molar-refractivity contribution in [2.45, 2.75) is 6.54 Å². The van der Waals surface area contributed by atoms with Gasteiger partial charge in [0.15, 0.2) is 0 Å². The van der Waals surface area contributed by atoms with Gasteiger partial charge in [-0.1, -0.05) is 6.07 Å². The molecule has 0 radical (unpaired) electrons. The second kappa shape index (κ2) is 4.24. The van der Waals surface area contributed by atoms with Crippen LogP contribution in [0.1, 0.15) is 11.1 Å². The van der Waals surface area contributed by atoms with Crippen LogP contribution in [0.4, 0.5) is 0 Å². The Morgan fingerprint density at radius 2 is 2.33 bits per heavy atom. The zero-order valence-corrected chi connectivity index (χ0v) is 8.35. The summed E-state index contributed by atoms with van der Waals surface area (Å²) in [5.41, 5.74) is 1.81. The van der Waals surface area contributed by atoms with Crippen LogP contribution >= 0.6 is 15.9 Å². The first-order chi connectivity index (χ1) is 5.77. The molecule has 1 rings (SSSR count). The largest absolute Gasteiger partial charge is 0.316 e. The highest BCUT2D eigenvalue weighted by atomic mass is 79.9. The summed E-state index contributed by atoms with van der Waals surface area (Å²) in [4.78, 5) is 0. The number of halogens is 1. The molecule has 0 aliphatic rings. The molecule has 0 aromatic heterocycles. The SMILES string of the molecule is CNCc1ccc(Br)c(C#N)c1. The van der Waals surface area contributed by atoms with Gasteiger partial charge < -0.3 is 5.32 Å². The molecule has 0 spiro atoms. The Kier molecular flexibility index (Phi) is 3.27. The van der Waals surface area contributed by atoms with Gasteiger partial charge in [0, 0.05) is 11.0 Å². The number of rotatable bonds is 2. The highest BCUT2D eigenvalue weighted by Crippen LogP contribution is 2.16. The van der Waals surface area contributed by atoms with Crippen molar-refractivity contribution in [3.8, 4) is 6.07 Å². The molecular weight excluding hydrogens is 216 g/mol. The number of nitrogens with zero attached hydrogens (tertiary/aromatic N) is 1. The van der Waals surface area contributed by atoms with Crippen molar-refractivity contribution in [3.63, 3.8) is 0 Å². The maximum absolute atomic E-state index is 8.71. The predicted octanol–water partition coefficient (Wildman–Crippen LogP) is 2.04. The molecule has 0 saturated heterocycles. The quantitative estimate of drug-likeness (QED) is 0.835. The van der Waals surface area contributed by atoms with Crippen LogP contribution in [0, 0.1) is 11.3 Å². The van der Waals surface area contributed by atoms with E-state index in [2.05, 4.69) is 27.3 Å². The van der Waals surface area contributed by atoms with E-state index in [-0.39, 0.29) is 0 Å². The summed E-state index contributed by atoms with van der Waals surface area (Å²) < 4.78 is 0.852. The molecule has 2 nitrogen and oxygen atoms in total. The zero-order valence-electron chi connectivity index (χ0n) is 6.76. The molecule has 1 N–H and O–H groups in total. The first kappa shape index (κ1) is 9.24. The van der Waals surface area contributed by atoms with Gasteiger partial charge in [-0.15, -0.1) is 0 Å². The van der Waals surface area contributed by atoms with Crippen LogP contribution in [0.25, 0.3) is 0 Å². The van der Waals surface area contributed by atoms with E-state index in [1.165, 1.54) is 0 Å². The summed E-state index contributed by atoms with van der Waals surface area (Å²) in [6, 6.07) is 7.88. The van der Waals surface area contributed by atoms with Crippen LogP contribution in [-0.4, -0.2) is 7.05 Å². The summed E-state index contributed by atoms with van der Waals surface area (Å²) in [5.74, 6) is 0. The minimum atomic E-state index is 0.683. The molecule has 62 valence electrons. The number of nitriles is 1. The summed E-state index contributed by atoms with van der Waals surface area (Å²) in [7, 11) is 1.88. The number of nitrogens with one attached hydrogen (secondary N) is 1. The molecule has 0 saturated carbocycles. The molecule has 0 aliphatic heterocycles. The Balaban J connectivity index is 2.99. The minimum Gasteiger partial charge on any atom is -0.316 e. The van der Waals surface area contributed by atoms with Gasteiger partial charge in [-0.25, -0.2) is 0 Å². The zero-order chi connectivity index (χ0) is 8.97. The lowest BCUT2D eigenvalue weighted by Crippen LogP contribution is -2.04. The lowest BCUT2D eigenvalue weighted by Gasteiger charge is -2.01. The molecule has 1 aromatic carbocycles. The normalized spacial score (nSPS) is 9.42. The predicted molar refractivity (Wildman–Crippen MR) is 51.6 cm³/mol. The summed E-state index contributed by atoms with van der Waals surface area (Å²) in [6.45, 7) is 0.794. The molecule has 0 aliphatic carbocycles. The third kappa shape index (κ3) is 2.07. The highest BCUT2D eigenvalue weighted by Gasteiger charge is 1.99. The van der Waals surface area contributed by atoms with Gasteiger partial charge in [-0.2, -0.15) is 5.26 Å². The molecular formula is C9H9BrN2. The fourth-order valence-electron chi connectivity index (χ4n) is 0.972. The molecule has 0 heterocycles. The van der Waals surface area contributed by atoms with Crippen molar-refractivity contribution in [3.05, 3.63) is 33.8 Å². The molecule has 1 aromatic rings. The number of hydrogen-bond acceptors (Lipinski definition) is 2. The third-order valence-electron chi connectivity index (χ3n) is 1.53. The monoisotopic (exact) mass is 224 g/mol. The van der Waals surface area contributed by atoms with Crippen LogP contribution in [0.5, 0.6) is 0 Å². The van der Waals surface area contributed by atoms with E-state index in [1.807, 2.05) is 25.2 Å². The standard InChI is InChI=1S/C9H9BrN2/c1-12-6-7-2-3-9(10)8(4-7)5-11/h2-4,12H,6H2,1H3. The van der Waals surface area contributed by atoms with Gasteiger partial charge in [0.1, 0.15) is 6.07 Å².